The molecule has 4 heterocycles. The molecule has 0 fully saturated rings. The molecule has 5 aromatic rings. The fourth-order valence-corrected chi connectivity index (χ4v) is 4.78. The van der Waals surface area contributed by atoms with Gasteiger partial charge < -0.3 is 10.7 Å². The molecule has 0 aliphatic carbocycles. The summed E-state index contributed by atoms with van der Waals surface area (Å²) in [6.45, 7) is 0. The lowest BCUT2D eigenvalue weighted by atomic mass is 10.2. The smallest absolute Gasteiger partial charge is 0.279 e. The first-order valence-electron chi connectivity index (χ1n) is 10.7. The summed E-state index contributed by atoms with van der Waals surface area (Å²) in [5, 5.41) is 14.4. The van der Waals surface area contributed by atoms with E-state index >= 15 is 0 Å². The number of carbonyl (C=O) groups is 1. The largest absolute Gasteiger partial charge is 0.321 e. The zero-order valence-corrected chi connectivity index (χ0v) is 19.8. The van der Waals surface area contributed by atoms with Crippen molar-refractivity contribution < 1.29 is 13.2 Å². The highest BCUT2D eigenvalue weighted by Gasteiger charge is 2.22. The van der Waals surface area contributed by atoms with E-state index in [1.807, 2.05) is 12.3 Å². The van der Waals surface area contributed by atoms with E-state index in [1.54, 1.807) is 60.5 Å². The summed E-state index contributed by atoms with van der Waals surface area (Å²) in [7, 11) is -2.35. The zero-order chi connectivity index (χ0) is 25.3. The molecule has 0 radical (unpaired) electrons. The van der Waals surface area contributed by atoms with Crippen molar-refractivity contribution in [2.75, 3.05) is 10.0 Å². The number of hydrogen-bond donors (Lipinski definition) is 3. The fourth-order valence-electron chi connectivity index (χ4n) is 3.63. The lowest BCUT2D eigenvalue weighted by molar-refractivity contribution is 0.102. The Kier molecular flexibility index (Phi) is 5.78. The minimum atomic E-state index is -4.15. The monoisotopic (exact) mass is 500 g/mol. The Hall–Kier alpha value is -4.84. The highest BCUT2D eigenvalue weighted by molar-refractivity contribution is 7.92. The molecule has 0 saturated heterocycles. The first-order valence-corrected chi connectivity index (χ1v) is 12.2. The summed E-state index contributed by atoms with van der Waals surface area (Å²) in [6, 6.07) is 13.5. The van der Waals surface area contributed by atoms with Crippen molar-refractivity contribution in [3.05, 3.63) is 90.8 Å². The minimum Gasteiger partial charge on any atom is -0.321 e. The topological polar surface area (TPSA) is 147 Å². The second-order valence-corrected chi connectivity index (χ2v) is 9.50. The first kappa shape index (κ1) is 22.9. The molecule has 0 saturated carbocycles. The lowest BCUT2D eigenvalue weighted by Gasteiger charge is -2.12. The summed E-state index contributed by atoms with van der Waals surface area (Å²) >= 11 is 0. The van der Waals surface area contributed by atoms with Crippen molar-refractivity contribution in [1.29, 1.82) is 5.41 Å². The highest BCUT2D eigenvalue weighted by Crippen LogP contribution is 2.25. The molecule has 1 amide bonds. The van der Waals surface area contributed by atoms with Crippen LogP contribution in [0.25, 0.3) is 16.8 Å². The molecule has 180 valence electrons. The molecule has 0 atom stereocenters. The maximum Gasteiger partial charge on any atom is 0.279 e. The number of rotatable bonds is 7. The van der Waals surface area contributed by atoms with Crippen LogP contribution in [0.3, 0.4) is 0 Å². The van der Waals surface area contributed by atoms with Gasteiger partial charge in [-0.2, -0.15) is 13.5 Å². The molecular weight excluding hydrogens is 480 g/mol. The predicted molar refractivity (Wildman–Crippen MR) is 135 cm³/mol. The molecule has 0 bridgehead atoms. The number of nitrogens with zero attached hydrogens (tertiary/aromatic N) is 5. The molecule has 0 spiro atoms. The minimum absolute atomic E-state index is 0.0363. The van der Waals surface area contributed by atoms with Gasteiger partial charge in [-0.05, 0) is 30.3 Å². The normalized spacial score (nSPS) is 11.4. The highest BCUT2D eigenvalue weighted by atomic mass is 32.2. The Labute approximate surface area is 206 Å². The van der Waals surface area contributed by atoms with E-state index < -0.39 is 10.0 Å². The van der Waals surface area contributed by atoms with Crippen LogP contribution in [0.2, 0.25) is 0 Å². The van der Waals surface area contributed by atoms with E-state index in [1.165, 1.54) is 22.9 Å². The van der Waals surface area contributed by atoms with Crippen LogP contribution in [0, 0.1) is 5.41 Å². The van der Waals surface area contributed by atoms with E-state index in [0.29, 0.717) is 11.2 Å². The van der Waals surface area contributed by atoms with Crippen molar-refractivity contribution in [2.45, 2.75) is 5.03 Å². The SMILES string of the molecule is Cn1cc(-c2ccc3ncc(S(=O)(=O)Nc4cc(NC(=O)c5ccccc5)cnc4C=N)n3c2)cn1. The maximum absolute atomic E-state index is 13.4. The number of anilines is 2. The molecule has 4 aromatic heterocycles. The molecule has 0 aliphatic rings. The molecule has 0 unspecified atom stereocenters. The number of hydrogen-bond acceptors (Lipinski definition) is 7. The zero-order valence-electron chi connectivity index (χ0n) is 19.0. The predicted octanol–water partition coefficient (Wildman–Crippen LogP) is 3.18. The number of sulfonamides is 1. The van der Waals surface area contributed by atoms with Crippen LogP contribution >= 0.6 is 0 Å². The van der Waals surface area contributed by atoms with E-state index in [0.717, 1.165) is 17.3 Å². The number of imidazole rings is 1. The van der Waals surface area contributed by atoms with E-state index in [4.69, 9.17) is 5.41 Å². The number of carbonyl (C=O) groups excluding carboxylic acids is 1. The van der Waals surface area contributed by atoms with Gasteiger partial charge in [0.2, 0.25) is 0 Å². The third-order valence-corrected chi connectivity index (χ3v) is 6.72. The molecule has 0 aliphatic heterocycles. The van der Waals surface area contributed by atoms with Gasteiger partial charge >= 0.3 is 0 Å². The van der Waals surface area contributed by atoms with Gasteiger partial charge in [0.15, 0.2) is 5.03 Å². The average molecular weight is 501 g/mol. The molecule has 12 heteroatoms. The number of fused-ring (bicyclic) bond motifs is 1. The van der Waals surface area contributed by atoms with Gasteiger partial charge in [-0.15, -0.1) is 0 Å². The number of amides is 1. The van der Waals surface area contributed by atoms with Gasteiger partial charge in [0.1, 0.15) is 11.3 Å². The van der Waals surface area contributed by atoms with Gasteiger partial charge in [-0.3, -0.25) is 23.6 Å². The quantitative estimate of drug-likeness (QED) is 0.293. The van der Waals surface area contributed by atoms with E-state index in [9.17, 15) is 13.2 Å². The molecule has 1 aromatic carbocycles. The van der Waals surface area contributed by atoms with E-state index in [-0.39, 0.29) is 28.0 Å². The molecular formula is C24H20N8O3S. The molecule has 11 nitrogen and oxygen atoms in total. The number of nitrogens with one attached hydrogen (secondary N) is 3. The van der Waals surface area contributed by atoms with Crippen LogP contribution < -0.4 is 10.0 Å². The summed E-state index contributed by atoms with van der Waals surface area (Å²) < 4.78 is 32.3. The summed E-state index contributed by atoms with van der Waals surface area (Å²) in [5.74, 6) is -0.376. The number of benzene rings is 1. The summed E-state index contributed by atoms with van der Waals surface area (Å²) in [4.78, 5) is 20.8. The number of aryl methyl sites for hydroxylation is 1. The Bertz CT molecular complexity index is 1710. The van der Waals surface area contributed by atoms with Crippen LogP contribution in [0.5, 0.6) is 0 Å². The Morgan fingerprint density at radius 3 is 2.53 bits per heavy atom. The third kappa shape index (κ3) is 4.44. The second kappa shape index (κ2) is 9.07. The fraction of sp³-hybridized carbons (Fsp3) is 0.0417. The molecule has 36 heavy (non-hydrogen) atoms. The Morgan fingerprint density at radius 2 is 1.81 bits per heavy atom. The maximum atomic E-state index is 13.4. The van der Waals surface area contributed by atoms with Crippen molar-refractivity contribution >= 4 is 39.2 Å². The van der Waals surface area contributed by atoms with Crippen molar-refractivity contribution in [2.24, 2.45) is 7.05 Å². The van der Waals surface area contributed by atoms with Crippen LogP contribution in [0.15, 0.2) is 84.5 Å². The van der Waals surface area contributed by atoms with Crippen molar-refractivity contribution in [3.63, 3.8) is 0 Å². The average Bonchev–Trinajstić information content (AvgIpc) is 3.51. The number of aromatic nitrogens is 5. The summed E-state index contributed by atoms with van der Waals surface area (Å²) in [5.41, 5.74) is 2.85. The van der Waals surface area contributed by atoms with Crippen LogP contribution in [0.4, 0.5) is 11.4 Å². The number of pyridine rings is 2. The van der Waals surface area contributed by atoms with Crippen LogP contribution in [-0.4, -0.2) is 44.7 Å². The van der Waals surface area contributed by atoms with Crippen molar-refractivity contribution in [3.8, 4) is 11.1 Å². The van der Waals surface area contributed by atoms with E-state index in [2.05, 4.69) is 25.1 Å². The van der Waals surface area contributed by atoms with Gasteiger partial charge in [0.05, 0.1) is 30.0 Å². The lowest BCUT2D eigenvalue weighted by Crippen LogP contribution is -2.18. The summed E-state index contributed by atoms with van der Waals surface area (Å²) in [6.07, 6.45) is 8.70. The van der Waals surface area contributed by atoms with Gasteiger partial charge in [0, 0.05) is 42.3 Å². The molecule has 5 rings (SSSR count). The standard InChI is InChI=1S/C24H20N8O3S/c1-31-14-18(11-28-31)17-7-8-22-27-13-23(32(22)15-17)36(34,35)30-20-9-19(12-26-21(20)10-25)29-24(33)16-5-3-2-4-6-16/h2-15,25,30H,1H3,(H,29,33). The third-order valence-electron chi connectivity index (χ3n) is 5.38. The Morgan fingerprint density at radius 1 is 1.00 bits per heavy atom. The molecule has 3 N–H and O–H groups in total. The van der Waals surface area contributed by atoms with Crippen LogP contribution in [0.1, 0.15) is 16.1 Å². The first-order chi connectivity index (χ1) is 17.3. The van der Waals surface area contributed by atoms with Gasteiger partial charge in [0.25, 0.3) is 15.9 Å². The van der Waals surface area contributed by atoms with Crippen molar-refractivity contribution in [1.82, 2.24) is 24.1 Å². The van der Waals surface area contributed by atoms with Gasteiger partial charge in [-0.1, -0.05) is 18.2 Å². The Balaban J connectivity index is 1.47. The van der Waals surface area contributed by atoms with Gasteiger partial charge in [-0.25, -0.2) is 4.98 Å². The van der Waals surface area contributed by atoms with Crippen LogP contribution in [-0.2, 0) is 17.1 Å². The second-order valence-electron chi connectivity index (χ2n) is 7.87.